The van der Waals surface area contributed by atoms with Gasteiger partial charge in [-0.3, -0.25) is 4.79 Å². The van der Waals surface area contributed by atoms with Crippen molar-refractivity contribution in [1.29, 1.82) is 0 Å². The molecule has 0 heterocycles. The minimum absolute atomic E-state index is 0.119. The van der Waals surface area contributed by atoms with E-state index in [2.05, 4.69) is 10.1 Å². The van der Waals surface area contributed by atoms with Gasteiger partial charge in [-0.15, -0.1) is 0 Å². The monoisotopic (exact) mass is 245 g/mol. The molecule has 1 unspecified atom stereocenters. The maximum Gasteiger partial charge on any atom is 0.407 e. The molecule has 0 saturated carbocycles. The van der Waals surface area contributed by atoms with Crippen LogP contribution in [0.3, 0.4) is 0 Å². The topological polar surface area (TPSA) is 64.6 Å². The van der Waals surface area contributed by atoms with Gasteiger partial charge in [0.25, 0.3) is 0 Å². The molecule has 0 rings (SSSR count). The fourth-order valence-electron chi connectivity index (χ4n) is 0.965. The van der Waals surface area contributed by atoms with Crippen LogP contribution in [0.25, 0.3) is 0 Å². The molecule has 0 radical (unpaired) electrons. The Morgan fingerprint density at radius 2 is 1.82 bits per heavy atom. The number of hydrogen-bond acceptors (Lipinski definition) is 4. The average Bonchev–Trinajstić information content (AvgIpc) is 2.22. The first-order valence-electron chi connectivity index (χ1n) is 5.86. The third-order valence-corrected chi connectivity index (χ3v) is 2.54. The van der Waals surface area contributed by atoms with Gasteiger partial charge in [-0.2, -0.15) is 0 Å². The van der Waals surface area contributed by atoms with Gasteiger partial charge in [-0.25, -0.2) is 4.79 Å². The minimum atomic E-state index is -0.493. The van der Waals surface area contributed by atoms with Crippen LogP contribution in [0, 0.1) is 11.3 Å². The zero-order chi connectivity index (χ0) is 13.5. The molecule has 1 atom stereocenters. The van der Waals surface area contributed by atoms with Gasteiger partial charge >= 0.3 is 12.1 Å². The second-order valence-corrected chi connectivity index (χ2v) is 4.90. The van der Waals surface area contributed by atoms with E-state index < -0.39 is 6.09 Å². The van der Waals surface area contributed by atoms with Crippen LogP contribution in [0.2, 0.25) is 0 Å². The van der Waals surface area contributed by atoms with E-state index >= 15 is 0 Å². The average molecular weight is 245 g/mol. The molecule has 0 aliphatic carbocycles. The minimum Gasteiger partial charge on any atom is -0.464 e. The number of carbonyl (C=O) groups is 2. The second-order valence-electron chi connectivity index (χ2n) is 4.90. The van der Waals surface area contributed by atoms with E-state index in [1.807, 2.05) is 27.7 Å². The fraction of sp³-hybridized carbons (Fsp3) is 0.833. The number of esters is 1. The number of alkyl carbamates (subject to hydrolysis) is 1. The van der Waals surface area contributed by atoms with Gasteiger partial charge in [0.2, 0.25) is 0 Å². The molecule has 0 saturated heterocycles. The third-order valence-electron chi connectivity index (χ3n) is 2.54. The molecule has 0 aliphatic rings. The molecule has 0 aromatic rings. The second kappa shape index (κ2) is 7.14. The van der Waals surface area contributed by atoms with Gasteiger partial charge in [0.05, 0.1) is 19.1 Å². The molecular formula is C12H23NO4. The number of carbonyl (C=O) groups excluding carboxylic acids is 2. The molecule has 0 bridgehead atoms. The van der Waals surface area contributed by atoms with Crippen molar-refractivity contribution in [2.75, 3.05) is 19.8 Å². The quantitative estimate of drug-likeness (QED) is 0.594. The summed E-state index contributed by atoms with van der Waals surface area (Å²) in [5.74, 6) is -0.423. The Balaban J connectivity index is 3.76. The lowest BCUT2D eigenvalue weighted by Gasteiger charge is -2.25. The van der Waals surface area contributed by atoms with E-state index in [1.54, 1.807) is 6.92 Å². The standard InChI is InChI=1S/C12H23NO4/c1-6-16-11(15)13-7-8-17-10(14)9(2)12(3,4)5/h9H,6-8H2,1-5H3,(H,13,15). The first kappa shape index (κ1) is 15.7. The Morgan fingerprint density at radius 3 is 2.29 bits per heavy atom. The zero-order valence-corrected chi connectivity index (χ0v) is 11.3. The molecule has 0 aromatic heterocycles. The molecule has 1 N–H and O–H groups in total. The van der Waals surface area contributed by atoms with Crippen LogP contribution in [-0.2, 0) is 14.3 Å². The first-order chi connectivity index (χ1) is 7.79. The summed E-state index contributed by atoms with van der Waals surface area (Å²) in [6, 6.07) is 0. The number of ether oxygens (including phenoxy) is 2. The van der Waals surface area contributed by atoms with Crippen LogP contribution in [0.1, 0.15) is 34.6 Å². The number of hydrogen-bond donors (Lipinski definition) is 1. The van der Waals surface area contributed by atoms with Crippen LogP contribution in [0.4, 0.5) is 4.79 Å². The lowest BCUT2D eigenvalue weighted by Crippen LogP contribution is -2.32. The highest BCUT2D eigenvalue weighted by atomic mass is 16.6. The Hall–Kier alpha value is -1.26. The molecule has 0 fully saturated rings. The summed E-state index contributed by atoms with van der Waals surface area (Å²) in [5, 5.41) is 2.48. The Kier molecular flexibility index (Phi) is 6.61. The molecule has 0 aromatic carbocycles. The van der Waals surface area contributed by atoms with Gasteiger partial charge in [-0.05, 0) is 12.3 Å². The highest BCUT2D eigenvalue weighted by Gasteiger charge is 2.27. The first-order valence-corrected chi connectivity index (χ1v) is 5.86. The molecular weight excluding hydrogens is 222 g/mol. The van der Waals surface area contributed by atoms with Crippen LogP contribution >= 0.6 is 0 Å². The largest absolute Gasteiger partial charge is 0.464 e. The summed E-state index contributed by atoms with van der Waals surface area (Å²) in [6.45, 7) is 10.3. The third kappa shape index (κ3) is 6.81. The van der Waals surface area contributed by atoms with Gasteiger partial charge in [0, 0.05) is 0 Å². The van der Waals surface area contributed by atoms with Gasteiger partial charge in [0.15, 0.2) is 0 Å². The van der Waals surface area contributed by atoms with E-state index in [0.717, 1.165) is 0 Å². The molecule has 5 nitrogen and oxygen atoms in total. The van der Waals surface area contributed by atoms with Crippen LogP contribution in [0.15, 0.2) is 0 Å². The van der Waals surface area contributed by atoms with Crippen molar-refractivity contribution in [2.45, 2.75) is 34.6 Å². The lowest BCUT2D eigenvalue weighted by molar-refractivity contribution is -0.151. The van der Waals surface area contributed by atoms with Crippen LogP contribution < -0.4 is 5.32 Å². The number of amides is 1. The lowest BCUT2D eigenvalue weighted by atomic mass is 9.82. The van der Waals surface area contributed by atoms with Crippen LogP contribution in [0.5, 0.6) is 0 Å². The Bertz CT molecular complexity index is 258. The summed E-state index contributed by atoms with van der Waals surface area (Å²) in [6.07, 6.45) is -0.493. The molecule has 17 heavy (non-hydrogen) atoms. The van der Waals surface area contributed by atoms with E-state index in [-0.39, 0.29) is 30.5 Å². The summed E-state index contributed by atoms with van der Waals surface area (Å²) < 4.78 is 9.71. The number of rotatable bonds is 5. The summed E-state index contributed by atoms with van der Waals surface area (Å²) >= 11 is 0. The smallest absolute Gasteiger partial charge is 0.407 e. The number of nitrogens with one attached hydrogen (secondary N) is 1. The Morgan fingerprint density at radius 1 is 1.24 bits per heavy atom. The van der Waals surface area contributed by atoms with Crippen molar-refractivity contribution in [3.05, 3.63) is 0 Å². The van der Waals surface area contributed by atoms with E-state index in [9.17, 15) is 9.59 Å². The molecule has 0 aliphatic heterocycles. The summed E-state index contributed by atoms with van der Waals surface area (Å²) in [7, 11) is 0. The summed E-state index contributed by atoms with van der Waals surface area (Å²) in [5.41, 5.74) is -0.119. The van der Waals surface area contributed by atoms with Gasteiger partial charge < -0.3 is 14.8 Å². The van der Waals surface area contributed by atoms with Crippen molar-refractivity contribution in [2.24, 2.45) is 11.3 Å². The molecule has 5 heteroatoms. The highest BCUT2D eigenvalue weighted by Crippen LogP contribution is 2.26. The van der Waals surface area contributed by atoms with E-state index in [0.29, 0.717) is 6.61 Å². The zero-order valence-electron chi connectivity index (χ0n) is 11.3. The van der Waals surface area contributed by atoms with E-state index in [4.69, 9.17) is 4.74 Å². The van der Waals surface area contributed by atoms with Gasteiger partial charge in [-0.1, -0.05) is 27.7 Å². The van der Waals surface area contributed by atoms with E-state index in [1.165, 1.54) is 0 Å². The highest BCUT2D eigenvalue weighted by molar-refractivity contribution is 5.73. The predicted molar refractivity (Wildman–Crippen MR) is 64.6 cm³/mol. The SMILES string of the molecule is CCOC(=O)NCCOC(=O)C(C)C(C)(C)C. The van der Waals surface area contributed by atoms with Gasteiger partial charge in [0.1, 0.15) is 6.61 Å². The Labute approximate surface area is 103 Å². The molecule has 0 spiro atoms. The fourth-order valence-corrected chi connectivity index (χ4v) is 0.965. The van der Waals surface area contributed by atoms with Crippen molar-refractivity contribution in [3.63, 3.8) is 0 Å². The van der Waals surface area contributed by atoms with Crippen molar-refractivity contribution < 1.29 is 19.1 Å². The maximum atomic E-state index is 11.6. The molecule has 100 valence electrons. The maximum absolute atomic E-state index is 11.6. The van der Waals surface area contributed by atoms with Crippen molar-refractivity contribution in [1.82, 2.24) is 5.32 Å². The summed E-state index contributed by atoms with van der Waals surface area (Å²) in [4.78, 5) is 22.5. The van der Waals surface area contributed by atoms with Crippen molar-refractivity contribution >= 4 is 12.1 Å². The van der Waals surface area contributed by atoms with Crippen molar-refractivity contribution in [3.8, 4) is 0 Å². The predicted octanol–water partition coefficient (Wildman–Crippen LogP) is 1.96. The van der Waals surface area contributed by atoms with Crippen LogP contribution in [-0.4, -0.2) is 31.8 Å². The molecule has 1 amide bonds. The normalized spacial score (nSPS) is 12.8.